The van der Waals surface area contributed by atoms with Gasteiger partial charge >= 0.3 is 0 Å². The third-order valence-corrected chi connectivity index (χ3v) is 3.59. The second-order valence-electron chi connectivity index (χ2n) is 4.92. The molecule has 3 rings (SSSR count). The van der Waals surface area contributed by atoms with E-state index in [-0.39, 0.29) is 10.5 Å². The number of H-pyrrole nitrogens is 2. The molecular weight excluding hydrogens is 318 g/mol. The highest BCUT2D eigenvalue weighted by molar-refractivity contribution is 7.71. The summed E-state index contributed by atoms with van der Waals surface area (Å²) in [7, 11) is 0. The highest BCUT2D eigenvalue weighted by Gasteiger charge is 2.11. The molecule has 23 heavy (non-hydrogen) atoms. The quantitative estimate of drug-likeness (QED) is 0.591. The average Bonchev–Trinajstić information content (AvgIpc) is 2.55. The fourth-order valence-electron chi connectivity index (χ4n) is 2.22. The van der Waals surface area contributed by atoms with E-state index in [1.54, 1.807) is 12.1 Å². The number of ether oxygens (including phenoxy) is 1. The Morgan fingerprint density at radius 2 is 1.83 bits per heavy atom. The maximum Gasteiger partial charge on any atom is 0.283 e. The van der Waals surface area contributed by atoms with Crippen LogP contribution in [0.2, 0.25) is 0 Å². The summed E-state index contributed by atoms with van der Waals surface area (Å²) in [6.07, 6.45) is 0. The van der Waals surface area contributed by atoms with Crippen molar-refractivity contribution in [3.05, 3.63) is 39.4 Å². The van der Waals surface area contributed by atoms with Gasteiger partial charge in [-0.2, -0.15) is 5.11 Å². The first-order valence-corrected chi connectivity index (χ1v) is 7.44. The molecule has 120 valence electrons. The molecule has 0 atom stereocenters. The molecule has 0 bridgehead atoms. The van der Waals surface area contributed by atoms with Gasteiger partial charge in [-0.3, -0.25) is 9.78 Å². The molecule has 0 spiro atoms. The fourth-order valence-corrected chi connectivity index (χ4v) is 2.41. The largest absolute Gasteiger partial charge is 0.493 e. The Morgan fingerprint density at radius 3 is 2.48 bits per heavy atom. The van der Waals surface area contributed by atoms with Crippen molar-refractivity contribution >= 4 is 29.3 Å². The van der Waals surface area contributed by atoms with Crippen molar-refractivity contribution < 1.29 is 9.84 Å². The van der Waals surface area contributed by atoms with Gasteiger partial charge in [0.15, 0.2) is 4.77 Å². The van der Waals surface area contributed by atoms with E-state index >= 15 is 0 Å². The minimum Gasteiger partial charge on any atom is -0.493 e. The summed E-state index contributed by atoms with van der Waals surface area (Å²) in [6.45, 7) is 3.15. The van der Waals surface area contributed by atoms with Gasteiger partial charge in [0.05, 0.1) is 18.9 Å². The van der Waals surface area contributed by atoms with Gasteiger partial charge in [-0.25, -0.2) is 0 Å². The smallest absolute Gasteiger partial charge is 0.283 e. The van der Waals surface area contributed by atoms with E-state index in [2.05, 4.69) is 25.1 Å². The zero-order chi connectivity index (χ0) is 16.2. The normalized spacial score (nSPS) is 15.2. The summed E-state index contributed by atoms with van der Waals surface area (Å²) in [5.41, 5.74) is 0.843. The van der Waals surface area contributed by atoms with Gasteiger partial charge in [0, 0.05) is 18.8 Å². The molecule has 0 radical (unpaired) electrons. The molecule has 1 fully saturated rings. The van der Waals surface area contributed by atoms with Gasteiger partial charge in [0.1, 0.15) is 0 Å². The second kappa shape index (κ2) is 6.71. The van der Waals surface area contributed by atoms with Gasteiger partial charge in [0.25, 0.3) is 5.56 Å². The number of azo groups is 1. The van der Waals surface area contributed by atoms with Crippen molar-refractivity contribution in [2.75, 3.05) is 31.2 Å². The second-order valence-corrected chi connectivity index (χ2v) is 5.33. The fraction of sp³-hybridized carbons (Fsp3) is 0.286. The van der Waals surface area contributed by atoms with Crippen molar-refractivity contribution in [3.63, 3.8) is 0 Å². The molecule has 1 aromatic heterocycles. The lowest BCUT2D eigenvalue weighted by Gasteiger charge is -2.28. The predicted octanol–water partition coefficient (Wildman–Crippen LogP) is 2.39. The van der Waals surface area contributed by atoms with Gasteiger partial charge in [0.2, 0.25) is 11.6 Å². The first-order valence-electron chi connectivity index (χ1n) is 7.03. The molecule has 0 aliphatic carbocycles. The Kier molecular flexibility index (Phi) is 4.49. The number of aromatic amines is 2. The summed E-state index contributed by atoms with van der Waals surface area (Å²) in [5.74, 6) is -0.410. The van der Waals surface area contributed by atoms with E-state index in [1.807, 2.05) is 12.1 Å². The Morgan fingerprint density at radius 1 is 1.13 bits per heavy atom. The van der Waals surface area contributed by atoms with Crippen LogP contribution in [0, 0.1) is 4.77 Å². The van der Waals surface area contributed by atoms with Crippen LogP contribution in [-0.2, 0) is 4.74 Å². The molecule has 2 aromatic rings. The molecule has 0 amide bonds. The number of aromatic hydroxyl groups is 1. The highest BCUT2D eigenvalue weighted by Crippen LogP contribution is 2.24. The average molecular weight is 333 g/mol. The number of rotatable bonds is 3. The predicted molar refractivity (Wildman–Crippen MR) is 87.6 cm³/mol. The van der Waals surface area contributed by atoms with Crippen LogP contribution in [-0.4, -0.2) is 41.4 Å². The van der Waals surface area contributed by atoms with Crippen molar-refractivity contribution in [2.45, 2.75) is 0 Å². The summed E-state index contributed by atoms with van der Waals surface area (Å²) < 4.78 is 5.35. The van der Waals surface area contributed by atoms with Crippen molar-refractivity contribution in [3.8, 4) is 5.88 Å². The molecular formula is C14H15N5O3S. The van der Waals surface area contributed by atoms with E-state index in [0.717, 1.165) is 32.0 Å². The molecule has 1 saturated heterocycles. The zero-order valence-electron chi connectivity index (χ0n) is 12.2. The summed E-state index contributed by atoms with van der Waals surface area (Å²) in [4.78, 5) is 18.6. The molecule has 0 saturated carbocycles. The van der Waals surface area contributed by atoms with Gasteiger partial charge in [-0.05, 0) is 36.5 Å². The Labute approximate surface area is 136 Å². The number of hydrogen-bond donors (Lipinski definition) is 3. The third-order valence-electron chi connectivity index (χ3n) is 3.39. The number of nitrogens with zero attached hydrogens (tertiary/aromatic N) is 3. The summed E-state index contributed by atoms with van der Waals surface area (Å²) in [5, 5.41) is 17.4. The van der Waals surface area contributed by atoms with E-state index in [4.69, 9.17) is 17.0 Å². The van der Waals surface area contributed by atoms with Gasteiger partial charge < -0.3 is 19.7 Å². The van der Waals surface area contributed by atoms with Crippen molar-refractivity contribution in [1.82, 2.24) is 9.97 Å². The van der Waals surface area contributed by atoms with E-state index < -0.39 is 11.4 Å². The maximum absolute atomic E-state index is 11.7. The van der Waals surface area contributed by atoms with E-state index in [1.165, 1.54) is 0 Å². The number of morpholine rings is 1. The maximum atomic E-state index is 11.7. The van der Waals surface area contributed by atoms with Crippen LogP contribution >= 0.6 is 12.2 Å². The molecule has 1 aliphatic heterocycles. The lowest BCUT2D eigenvalue weighted by molar-refractivity contribution is 0.122. The van der Waals surface area contributed by atoms with Crippen LogP contribution in [0.3, 0.4) is 0 Å². The van der Waals surface area contributed by atoms with E-state index in [0.29, 0.717) is 5.69 Å². The Bertz CT molecular complexity index is 822. The first-order chi connectivity index (χ1) is 11.1. The molecule has 2 heterocycles. The minimum absolute atomic E-state index is 0.0290. The van der Waals surface area contributed by atoms with Gasteiger partial charge in [-0.15, -0.1) is 5.11 Å². The molecule has 9 heteroatoms. The topological polar surface area (TPSA) is 106 Å². The Hall–Kier alpha value is -2.52. The molecule has 3 N–H and O–H groups in total. The molecule has 8 nitrogen and oxygen atoms in total. The van der Waals surface area contributed by atoms with Crippen LogP contribution in [0.25, 0.3) is 0 Å². The molecule has 0 unspecified atom stereocenters. The summed E-state index contributed by atoms with van der Waals surface area (Å²) >= 11 is 4.74. The number of nitrogens with one attached hydrogen (secondary N) is 2. The standard InChI is InChI=1S/C14H15N5O3S/c20-12-11(13(21)16-14(23)15-12)18-17-9-1-3-10(4-2-9)19-5-7-22-8-6-19/h1-4H,5-8H2,(H3,15,16,20,21,23). The molecule has 1 aromatic carbocycles. The van der Waals surface area contributed by atoms with Crippen LogP contribution in [0.15, 0.2) is 39.3 Å². The summed E-state index contributed by atoms with van der Waals surface area (Å²) in [6, 6.07) is 7.46. The van der Waals surface area contributed by atoms with Crippen molar-refractivity contribution in [2.24, 2.45) is 10.2 Å². The lowest BCUT2D eigenvalue weighted by atomic mass is 10.2. The van der Waals surface area contributed by atoms with Crippen LogP contribution in [0.4, 0.5) is 17.1 Å². The highest BCUT2D eigenvalue weighted by atomic mass is 32.1. The first kappa shape index (κ1) is 15.4. The lowest BCUT2D eigenvalue weighted by Crippen LogP contribution is -2.36. The monoisotopic (exact) mass is 333 g/mol. The minimum atomic E-state index is -0.597. The zero-order valence-corrected chi connectivity index (χ0v) is 13.0. The number of anilines is 1. The Balaban J connectivity index is 1.78. The van der Waals surface area contributed by atoms with E-state index in [9.17, 15) is 9.90 Å². The van der Waals surface area contributed by atoms with Crippen LogP contribution in [0.1, 0.15) is 0 Å². The van der Waals surface area contributed by atoms with Crippen LogP contribution < -0.4 is 10.5 Å². The third kappa shape index (κ3) is 3.63. The number of hydrogen-bond acceptors (Lipinski definition) is 7. The number of aromatic nitrogens is 2. The number of benzene rings is 1. The van der Waals surface area contributed by atoms with Crippen molar-refractivity contribution in [1.29, 1.82) is 0 Å². The SMILES string of the molecule is O=c1[nH]c(=S)[nH]c(O)c1N=Nc1ccc(N2CCOCC2)cc1. The van der Waals surface area contributed by atoms with Gasteiger partial charge in [-0.1, -0.05) is 0 Å². The van der Waals surface area contributed by atoms with Crippen LogP contribution in [0.5, 0.6) is 5.88 Å². The molecule has 1 aliphatic rings.